The van der Waals surface area contributed by atoms with E-state index in [1.54, 1.807) is 0 Å². The maximum Gasteiger partial charge on any atom is 0.139 e. The zero-order chi connectivity index (χ0) is 9.97. The van der Waals surface area contributed by atoms with Crippen molar-refractivity contribution in [2.45, 2.75) is 5.03 Å². The Bertz CT molecular complexity index is 462. The van der Waals surface area contributed by atoms with Crippen LogP contribution in [-0.4, -0.2) is 15.4 Å². The van der Waals surface area contributed by atoms with Crippen LogP contribution < -0.4 is 0 Å². The van der Waals surface area contributed by atoms with Crippen LogP contribution in [0.1, 0.15) is 0 Å². The minimum atomic E-state index is 0.423. The normalized spacial score (nSPS) is 10.7. The molecule has 0 aliphatic heterocycles. The molecule has 0 unspecified atom stereocenters. The molecule has 0 amide bonds. The number of rotatable bonds is 2. The first-order chi connectivity index (χ1) is 6.83. The molecule has 0 aliphatic carbocycles. The molecule has 0 saturated carbocycles. The summed E-state index contributed by atoms with van der Waals surface area (Å²) < 4.78 is 0. The molecule has 14 heavy (non-hydrogen) atoms. The highest BCUT2D eigenvalue weighted by Crippen LogP contribution is 2.30. The Balaban J connectivity index is 2.63. The van der Waals surface area contributed by atoms with Crippen LogP contribution in [0.3, 0.4) is 0 Å². The minimum absolute atomic E-state index is 0.423. The maximum atomic E-state index is 6.14. The lowest BCUT2D eigenvalue weighted by Crippen LogP contribution is -1.89. The van der Waals surface area contributed by atoms with Crippen molar-refractivity contribution in [2.75, 3.05) is 5.21 Å². The van der Waals surface area contributed by atoms with Gasteiger partial charge in [-0.1, -0.05) is 41.6 Å². The molecule has 2 nitrogen and oxygen atoms in total. The smallest absolute Gasteiger partial charge is 0.139 e. The molecule has 0 atom stereocenters. The first-order valence-electron chi connectivity index (χ1n) is 3.92. The number of aromatic nitrogens is 2. The highest BCUT2D eigenvalue weighted by atomic mass is 35.5. The molecule has 0 N–H and O–H groups in total. The van der Waals surface area contributed by atoms with Crippen LogP contribution in [0.2, 0.25) is 5.02 Å². The number of benzene rings is 1. The van der Waals surface area contributed by atoms with Crippen LogP contribution in [0.15, 0.2) is 29.3 Å². The van der Waals surface area contributed by atoms with Crippen LogP contribution in [-0.2, 0) is 0 Å². The first-order valence-corrected chi connectivity index (χ1v) is 5.82. The van der Waals surface area contributed by atoms with Crippen molar-refractivity contribution in [3.8, 4) is 0 Å². The van der Waals surface area contributed by atoms with Gasteiger partial charge in [-0.3, -0.25) is 0 Å². The van der Waals surface area contributed by atoms with E-state index in [1.807, 2.05) is 24.3 Å². The van der Waals surface area contributed by atoms with Crippen LogP contribution in [0.5, 0.6) is 0 Å². The van der Waals surface area contributed by atoms with Gasteiger partial charge in [-0.25, -0.2) is 0 Å². The second-order valence-corrected chi connectivity index (χ2v) is 4.52. The van der Waals surface area contributed by atoms with Crippen LogP contribution >= 0.6 is 35.0 Å². The number of hydrogen-bond acceptors (Lipinski definition) is 3. The summed E-state index contributed by atoms with van der Waals surface area (Å²) in [6, 6.07) is 7.63. The molecule has 2 aromatic rings. The fourth-order valence-corrected chi connectivity index (χ4v) is 2.26. The third-order valence-corrected chi connectivity index (χ3v) is 3.26. The first kappa shape index (κ1) is 10.0. The third kappa shape index (κ3) is 1.80. The van der Waals surface area contributed by atoms with E-state index in [0.29, 0.717) is 15.3 Å². The quantitative estimate of drug-likeness (QED) is 0.597. The number of hydrogen-bond donors (Lipinski definition) is 0. The van der Waals surface area contributed by atoms with Crippen molar-refractivity contribution in [3.05, 3.63) is 29.3 Å². The predicted octanol–water partition coefficient (Wildman–Crippen LogP) is 3.57. The lowest BCUT2D eigenvalue weighted by atomic mass is 10.2. The van der Waals surface area contributed by atoms with Gasteiger partial charge < -0.3 is 0 Å². The van der Waals surface area contributed by atoms with Gasteiger partial charge in [-0.05, 0) is 6.07 Å². The van der Waals surface area contributed by atoms with Crippen molar-refractivity contribution < 1.29 is 0 Å². The van der Waals surface area contributed by atoms with Gasteiger partial charge in [0.05, 0.1) is 15.8 Å². The Hall–Kier alpha value is -0.510. The Morgan fingerprint density at radius 2 is 2.00 bits per heavy atom. The van der Waals surface area contributed by atoms with E-state index in [4.69, 9.17) is 23.2 Å². The molecule has 0 fully saturated rings. The van der Waals surface area contributed by atoms with Crippen LogP contribution in [0.25, 0.3) is 10.9 Å². The summed E-state index contributed by atoms with van der Waals surface area (Å²) >= 11 is 13.1. The monoisotopic (exact) mass is 244 g/mol. The third-order valence-electron chi connectivity index (χ3n) is 1.77. The zero-order valence-electron chi connectivity index (χ0n) is 7.08. The molecule has 1 aromatic carbocycles. The topological polar surface area (TPSA) is 25.8 Å². The molecular formula is C9H6Cl2N2S. The Labute approximate surface area is 95.6 Å². The van der Waals surface area contributed by atoms with Gasteiger partial charge in [0, 0.05) is 5.39 Å². The highest BCUT2D eigenvalue weighted by Gasteiger charge is 2.07. The molecule has 72 valence electrons. The van der Waals surface area contributed by atoms with Crippen LogP contribution in [0.4, 0.5) is 0 Å². The molecule has 0 spiro atoms. The summed E-state index contributed by atoms with van der Waals surface area (Å²) in [5.41, 5.74) is 0.802. The van der Waals surface area contributed by atoms with Gasteiger partial charge in [0.25, 0.3) is 0 Å². The summed E-state index contributed by atoms with van der Waals surface area (Å²) in [7, 11) is 0. The number of alkyl halides is 1. The SMILES string of the molecule is ClCSc1nnc2ccccc2c1Cl. The molecular weight excluding hydrogens is 239 g/mol. The minimum Gasteiger partial charge on any atom is -0.149 e. The lowest BCUT2D eigenvalue weighted by Gasteiger charge is -2.02. The van der Waals surface area contributed by atoms with E-state index in [-0.39, 0.29) is 0 Å². The van der Waals surface area contributed by atoms with Crippen LogP contribution in [0, 0.1) is 0 Å². The number of halogens is 2. The maximum absolute atomic E-state index is 6.14. The largest absolute Gasteiger partial charge is 0.149 e. The Kier molecular flexibility index (Phi) is 3.11. The summed E-state index contributed by atoms with van der Waals surface area (Å²) in [6.07, 6.45) is 0. The number of nitrogens with zero attached hydrogens (tertiary/aromatic N) is 2. The summed E-state index contributed by atoms with van der Waals surface area (Å²) in [5, 5.41) is 10.7. The van der Waals surface area contributed by atoms with Gasteiger partial charge >= 0.3 is 0 Å². The molecule has 0 radical (unpaired) electrons. The molecule has 5 heteroatoms. The molecule has 0 aliphatic rings. The lowest BCUT2D eigenvalue weighted by molar-refractivity contribution is 0.967. The average molecular weight is 245 g/mol. The summed E-state index contributed by atoms with van der Waals surface area (Å²) in [5.74, 6) is 0. The van der Waals surface area contributed by atoms with Crippen molar-refractivity contribution in [2.24, 2.45) is 0 Å². The molecule has 1 aromatic heterocycles. The van der Waals surface area contributed by atoms with Crippen molar-refractivity contribution in [3.63, 3.8) is 0 Å². The van der Waals surface area contributed by atoms with E-state index >= 15 is 0 Å². The molecule has 2 rings (SSSR count). The van der Waals surface area contributed by atoms with E-state index in [9.17, 15) is 0 Å². The Morgan fingerprint density at radius 1 is 1.21 bits per heavy atom. The summed E-state index contributed by atoms with van der Waals surface area (Å²) in [6.45, 7) is 0. The summed E-state index contributed by atoms with van der Waals surface area (Å²) in [4.78, 5) is 0. The zero-order valence-corrected chi connectivity index (χ0v) is 9.40. The van der Waals surface area contributed by atoms with Gasteiger partial charge in [0.1, 0.15) is 5.03 Å². The van der Waals surface area contributed by atoms with Gasteiger partial charge in [0.2, 0.25) is 0 Å². The fraction of sp³-hybridized carbons (Fsp3) is 0.111. The van der Waals surface area contributed by atoms with Gasteiger partial charge in [-0.2, -0.15) is 0 Å². The van der Waals surface area contributed by atoms with Crippen molar-refractivity contribution >= 4 is 45.9 Å². The van der Waals surface area contributed by atoms with Crippen molar-refractivity contribution in [1.29, 1.82) is 0 Å². The average Bonchev–Trinajstić information content (AvgIpc) is 2.23. The van der Waals surface area contributed by atoms with Crippen molar-refractivity contribution in [1.82, 2.24) is 10.2 Å². The van der Waals surface area contributed by atoms with Gasteiger partial charge in [0.15, 0.2) is 0 Å². The van der Waals surface area contributed by atoms with E-state index < -0.39 is 0 Å². The Morgan fingerprint density at radius 3 is 2.79 bits per heavy atom. The van der Waals surface area contributed by atoms with Gasteiger partial charge in [-0.15, -0.1) is 21.8 Å². The standard InChI is InChI=1S/C9H6Cl2N2S/c10-5-14-9-8(11)6-3-1-2-4-7(6)12-13-9/h1-4H,5H2. The molecule has 0 bridgehead atoms. The van der Waals surface area contributed by atoms with E-state index in [2.05, 4.69) is 10.2 Å². The number of fused-ring (bicyclic) bond motifs is 1. The number of thioether (sulfide) groups is 1. The highest BCUT2D eigenvalue weighted by molar-refractivity contribution is 8.00. The molecule has 1 heterocycles. The van der Waals surface area contributed by atoms with E-state index in [0.717, 1.165) is 10.9 Å². The second kappa shape index (κ2) is 4.34. The predicted molar refractivity (Wildman–Crippen MR) is 61.1 cm³/mol. The molecule has 0 saturated heterocycles. The van der Waals surface area contributed by atoms with E-state index in [1.165, 1.54) is 11.8 Å². The second-order valence-electron chi connectivity index (χ2n) is 2.59. The fourth-order valence-electron chi connectivity index (χ4n) is 1.15.